The summed E-state index contributed by atoms with van der Waals surface area (Å²) in [4.78, 5) is 37.7. The number of amides is 3. The van der Waals surface area contributed by atoms with E-state index in [4.69, 9.17) is 10.5 Å². The number of rotatable bonds is 10. The number of nitrogens with two attached hydrogens (primary N) is 2. The van der Waals surface area contributed by atoms with Crippen molar-refractivity contribution in [3.05, 3.63) is 29.8 Å². The van der Waals surface area contributed by atoms with Gasteiger partial charge in [-0.05, 0) is 17.7 Å². The number of hydrogen-bond donors (Lipinski definition) is 7. The van der Waals surface area contributed by atoms with Crippen molar-refractivity contribution in [3.8, 4) is 5.75 Å². The molecule has 0 saturated heterocycles. The number of aliphatic hydroxyl groups excluding tert-OH is 2. The quantitative estimate of drug-likeness (QED) is 0.187. The third kappa shape index (κ3) is 6.66. The zero-order chi connectivity index (χ0) is 25.6. The van der Waals surface area contributed by atoms with Crippen molar-refractivity contribution in [1.29, 1.82) is 0 Å². The van der Waals surface area contributed by atoms with E-state index in [2.05, 4.69) is 10.6 Å². The predicted octanol–water partition coefficient (Wildman–Crippen LogP) is -2.84. The Hall–Kier alpha value is -2.73. The number of carbonyl (C=O) groups excluding carboxylic acids is 3. The van der Waals surface area contributed by atoms with Crippen molar-refractivity contribution in [3.63, 3.8) is 0 Å². The van der Waals surface area contributed by atoms with Crippen LogP contribution in [0, 0.1) is 5.92 Å². The van der Waals surface area contributed by atoms with Crippen molar-refractivity contribution < 1.29 is 39.8 Å². The number of carbonyl (C=O) groups is 3. The van der Waals surface area contributed by atoms with Crippen molar-refractivity contribution in [2.75, 3.05) is 14.2 Å². The number of hydrogen-bond acceptors (Lipinski definition) is 7. The maximum Gasteiger partial charge on any atom is 0.278 e. The molecule has 1 aromatic rings. The first-order valence-corrected chi connectivity index (χ1v) is 11.3. The second-order valence-electron chi connectivity index (χ2n) is 9.20. The molecule has 34 heavy (non-hydrogen) atoms. The number of quaternary nitrogens is 1. The molecule has 0 radical (unpaired) electrons. The van der Waals surface area contributed by atoms with Crippen molar-refractivity contribution in [2.45, 2.75) is 69.0 Å². The van der Waals surface area contributed by atoms with Crippen LogP contribution in [0.5, 0.6) is 5.75 Å². The normalized spacial score (nSPS) is 26.4. The minimum atomic E-state index is -2.13. The molecule has 0 aliphatic heterocycles. The summed E-state index contributed by atoms with van der Waals surface area (Å²) in [5.74, 6) is -1.48. The molecule has 190 valence electrons. The number of methoxy groups -OCH3 is 1. The highest BCUT2D eigenvalue weighted by Crippen LogP contribution is 2.30. The molecule has 0 unspecified atom stereocenters. The topological polar surface area (TPSA) is 188 Å². The standard InChI is InChI=1S/C23H36N4O7/c1-12(2)18(25-3)21(31)26-16-10-23(33,11-17(28)19(16)29)22(32)27-15(20(24)30)9-13-5-7-14(34-4)8-6-13/h5-8,12,15-19,25,28-29,33H,9-11H2,1-4H3,(H2,24,30)(H,26,31)(H,27,32)/p+1/t15-,16-,17+,18-,19+,23-/m0/s1. The third-order valence-corrected chi connectivity index (χ3v) is 6.29. The average Bonchev–Trinajstić information content (AvgIpc) is 2.77. The summed E-state index contributed by atoms with van der Waals surface area (Å²) in [6, 6.07) is 4.20. The summed E-state index contributed by atoms with van der Waals surface area (Å²) in [5.41, 5.74) is 4.04. The molecule has 1 aliphatic rings. The summed E-state index contributed by atoms with van der Waals surface area (Å²) in [6.07, 6.45) is -3.56. The Labute approximate surface area is 199 Å². The fourth-order valence-electron chi connectivity index (χ4n) is 4.26. The lowest BCUT2D eigenvalue weighted by Gasteiger charge is -2.42. The van der Waals surface area contributed by atoms with Gasteiger partial charge >= 0.3 is 0 Å². The van der Waals surface area contributed by atoms with Crippen LogP contribution in [0.4, 0.5) is 0 Å². The van der Waals surface area contributed by atoms with E-state index in [-0.39, 0.29) is 24.7 Å². The fraction of sp³-hybridized carbons (Fsp3) is 0.609. The molecule has 2 rings (SSSR count). The molecule has 1 aliphatic carbocycles. The Bertz CT molecular complexity index is 863. The second kappa shape index (κ2) is 11.6. The maximum absolute atomic E-state index is 13.0. The Kier molecular flexibility index (Phi) is 9.39. The van der Waals surface area contributed by atoms with Gasteiger partial charge in [0.1, 0.15) is 23.5 Å². The Morgan fingerprint density at radius 1 is 1.21 bits per heavy atom. The van der Waals surface area contributed by atoms with Crippen LogP contribution in [-0.2, 0) is 20.8 Å². The molecular formula is C23H37N4O7+. The van der Waals surface area contributed by atoms with E-state index in [1.54, 1.807) is 36.6 Å². The molecule has 1 saturated carbocycles. The molecule has 11 nitrogen and oxygen atoms in total. The molecule has 0 aromatic heterocycles. The lowest BCUT2D eigenvalue weighted by molar-refractivity contribution is -0.656. The van der Waals surface area contributed by atoms with E-state index in [9.17, 15) is 29.7 Å². The van der Waals surface area contributed by atoms with Crippen molar-refractivity contribution in [2.24, 2.45) is 11.7 Å². The van der Waals surface area contributed by atoms with Crippen LogP contribution < -0.4 is 26.4 Å². The fourth-order valence-corrected chi connectivity index (χ4v) is 4.26. The summed E-state index contributed by atoms with van der Waals surface area (Å²) >= 11 is 0. The minimum absolute atomic E-state index is 0.00730. The molecule has 1 fully saturated rings. The van der Waals surface area contributed by atoms with E-state index in [0.29, 0.717) is 11.3 Å². The largest absolute Gasteiger partial charge is 0.497 e. The predicted molar refractivity (Wildman–Crippen MR) is 122 cm³/mol. The van der Waals surface area contributed by atoms with Gasteiger partial charge in [-0.3, -0.25) is 14.4 Å². The summed E-state index contributed by atoms with van der Waals surface area (Å²) in [6.45, 7) is 3.74. The first-order chi connectivity index (χ1) is 15.9. The molecule has 0 bridgehead atoms. The van der Waals surface area contributed by atoms with Gasteiger partial charge in [0.25, 0.3) is 11.8 Å². The third-order valence-electron chi connectivity index (χ3n) is 6.29. The van der Waals surface area contributed by atoms with Crippen LogP contribution in [0.2, 0.25) is 0 Å². The highest BCUT2D eigenvalue weighted by atomic mass is 16.5. The van der Waals surface area contributed by atoms with Crippen molar-refractivity contribution >= 4 is 17.7 Å². The van der Waals surface area contributed by atoms with Crippen LogP contribution in [-0.4, -0.2) is 83.1 Å². The summed E-state index contributed by atoms with van der Waals surface area (Å²) < 4.78 is 5.10. The monoisotopic (exact) mass is 481 g/mol. The number of aliphatic hydroxyl groups is 3. The van der Waals surface area contributed by atoms with Gasteiger partial charge in [0, 0.05) is 25.2 Å². The van der Waals surface area contributed by atoms with Crippen LogP contribution in [0.25, 0.3) is 0 Å². The van der Waals surface area contributed by atoms with Crippen LogP contribution in [0.1, 0.15) is 32.3 Å². The van der Waals surface area contributed by atoms with Gasteiger partial charge in [-0.2, -0.15) is 0 Å². The number of ether oxygens (including phenoxy) is 1. The van der Waals surface area contributed by atoms with Crippen molar-refractivity contribution in [1.82, 2.24) is 10.6 Å². The second-order valence-corrected chi connectivity index (χ2v) is 9.20. The van der Waals surface area contributed by atoms with Gasteiger partial charge in [-0.15, -0.1) is 0 Å². The first-order valence-electron chi connectivity index (χ1n) is 11.3. The smallest absolute Gasteiger partial charge is 0.278 e. The van der Waals surface area contributed by atoms with E-state index in [1.807, 2.05) is 13.8 Å². The Balaban J connectivity index is 2.14. The molecule has 0 heterocycles. The SMILES string of the molecule is C[NH2+][C@H](C(=O)N[C@H]1C[C@@](O)(C(=O)N[C@@H](Cc2ccc(OC)cc2)C(N)=O)C[C@@H](O)[C@@H]1O)C(C)C. The van der Waals surface area contributed by atoms with Gasteiger partial charge in [0.15, 0.2) is 6.04 Å². The number of benzene rings is 1. The van der Waals surface area contributed by atoms with E-state index < -0.39 is 54.2 Å². The Morgan fingerprint density at radius 3 is 2.32 bits per heavy atom. The maximum atomic E-state index is 13.0. The average molecular weight is 482 g/mol. The van der Waals surface area contributed by atoms with Crippen LogP contribution >= 0.6 is 0 Å². The van der Waals surface area contributed by atoms with Gasteiger partial charge in [-0.1, -0.05) is 26.0 Å². The zero-order valence-electron chi connectivity index (χ0n) is 20.0. The number of likely N-dealkylation sites (N-methyl/N-ethyl adjacent to an activating group) is 1. The lowest BCUT2D eigenvalue weighted by Crippen LogP contribution is -2.91. The van der Waals surface area contributed by atoms with Gasteiger partial charge < -0.3 is 41.7 Å². The highest BCUT2D eigenvalue weighted by molar-refractivity contribution is 5.91. The minimum Gasteiger partial charge on any atom is -0.497 e. The molecule has 3 amide bonds. The van der Waals surface area contributed by atoms with Crippen LogP contribution in [0.3, 0.4) is 0 Å². The van der Waals surface area contributed by atoms with Gasteiger partial charge in [0.05, 0.1) is 26.3 Å². The van der Waals surface area contributed by atoms with E-state index in [1.165, 1.54) is 7.11 Å². The molecule has 1 aromatic carbocycles. The lowest BCUT2D eigenvalue weighted by atomic mass is 9.77. The number of nitrogens with one attached hydrogen (secondary N) is 2. The van der Waals surface area contributed by atoms with Crippen LogP contribution in [0.15, 0.2) is 24.3 Å². The molecule has 6 atom stereocenters. The molecule has 0 spiro atoms. The van der Waals surface area contributed by atoms with E-state index in [0.717, 1.165) is 0 Å². The number of primary amides is 1. The first kappa shape index (κ1) is 27.5. The highest BCUT2D eigenvalue weighted by Gasteiger charge is 2.50. The van der Waals surface area contributed by atoms with Gasteiger partial charge in [-0.25, -0.2) is 0 Å². The molecule has 11 heteroatoms. The summed E-state index contributed by atoms with van der Waals surface area (Å²) in [7, 11) is 3.27. The Morgan fingerprint density at radius 2 is 1.82 bits per heavy atom. The molecule has 9 N–H and O–H groups in total. The van der Waals surface area contributed by atoms with Gasteiger partial charge in [0.2, 0.25) is 5.91 Å². The van der Waals surface area contributed by atoms with E-state index >= 15 is 0 Å². The zero-order valence-corrected chi connectivity index (χ0v) is 20.0. The molecular weight excluding hydrogens is 444 g/mol. The summed E-state index contributed by atoms with van der Waals surface area (Å²) in [5, 5.41) is 38.6.